The van der Waals surface area contributed by atoms with Gasteiger partial charge in [-0.25, -0.2) is 0 Å². The summed E-state index contributed by atoms with van der Waals surface area (Å²) in [6, 6.07) is 20.7. The van der Waals surface area contributed by atoms with Gasteiger partial charge in [-0.05, 0) is 71.3 Å². The highest BCUT2D eigenvalue weighted by atomic mass is 16.5. The summed E-state index contributed by atoms with van der Waals surface area (Å²) in [5, 5.41) is 142. The summed E-state index contributed by atoms with van der Waals surface area (Å²) in [5.74, 6) is -6.17. The minimum Gasteiger partial charge on any atom is -0.508 e. The van der Waals surface area contributed by atoms with Crippen LogP contribution in [0.3, 0.4) is 0 Å². The van der Waals surface area contributed by atoms with Crippen LogP contribution < -0.4 is 14.2 Å². The second-order valence-corrected chi connectivity index (χ2v) is 15.4. The summed E-state index contributed by atoms with van der Waals surface area (Å²) in [5.41, 5.74) is 1.19. The Hall–Kier alpha value is -7.24. The van der Waals surface area contributed by atoms with E-state index in [1.54, 1.807) is 0 Å². The van der Waals surface area contributed by atoms with Crippen molar-refractivity contribution in [3.05, 3.63) is 142 Å². The first-order valence-corrected chi connectivity index (χ1v) is 18.9. The maximum absolute atomic E-state index is 12.3. The van der Waals surface area contributed by atoms with Gasteiger partial charge in [0.2, 0.25) is 0 Å². The van der Waals surface area contributed by atoms with Crippen LogP contribution in [0.4, 0.5) is 0 Å². The predicted molar refractivity (Wildman–Crippen MR) is 210 cm³/mol. The summed E-state index contributed by atoms with van der Waals surface area (Å²) >= 11 is 0. The third kappa shape index (κ3) is 6.49. The number of aliphatic hydroxyl groups excluding tert-OH is 4. The van der Waals surface area contributed by atoms with E-state index in [9.17, 15) is 66.4 Å². The number of phenolic OH excluding ortho intramolecular Hbond substituents is 9. The molecule has 6 aromatic rings. The molecule has 3 aliphatic rings. The van der Waals surface area contributed by atoms with Gasteiger partial charge in [0.05, 0.1) is 0 Å². The van der Waals surface area contributed by atoms with Gasteiger partial charge >= 0.3 is 0 Å². The molecule has 9 atom stereocenters. The van der Waals surface area contributed by atoms with Gasteiger partial charge in [-0.3, -0.25) is 0 Å². The Morgan fingerprint density at radius 2 is 0.705 bits per heavy atom. The summed E-state index contributed by atoms with van der Waals surface area (Å²) in [7, 11) is 0. The van der Waals surface area contributed by atoms with Gasteiger partial charge in [0.1, 0.15) is 58.9 Å². The van der Waals surface area contributed by atoms with Crippen LogP contribution in [0.25, 0.3) is 0 Å². The van der Waals surface area contributed by atoms with Crippen molar-refractivity contribution in [2.24, 2.45) is 0 Å². The van der Waals surface area contributed by atoms with Crippen molar-refractivity contribution in [3.63, 3.8) is 0 Å². The molecule has 314 valence electrons. The fourth-order valence-electron chi connectivity index (χ4n) is 8.60. The maximum Gasteiger partial charge on any atom is 0.157 e. The average Bonchev–Trinajstić information content (AvgIpc) is 3.22. The lowest BCUT2D eigenvalue weighted by Crippen LogP contribution is -2.37. The van der Waals surface area contributed by atoms with Crippen molar-refractivity contribution in [3.8, 4) is 69.0 Å². The number of aliphatic hydroxyl groups is 4. The molecule has 9 unspecified atom stereocenters. The maximum atomic E-state index is 12.3. The van der Waals surface area contributed by atoms with E-state index >= 15 is 0 Å². The SMILES string of the molecule is Oc1ccc2c(c1)OC(c1ccc(O)c(O)c1)C(O)C2c1cc2c(cc1O)OC(c1ccc(O)c(O)c1)C(O)C2c1cc2c(cc1O)OC(c1ccc(O)c(O)c1)C(O)C2O. The molecule has 0 amide bonds. The number of ether oxygens (including phenoxy) is 3. The molecule has 16 heteroatoms. The highest BCUT2D eigenvalue weighted by molar-refractivity contribution is 5.61. The van der Waals surface area contributed by atoms with Crippen LogP contribution in [0.5, 0.6) is 69.0 Å². The lowest BCUT2D eigenvalue weighted by molar-refractivity contribution is -0.0702. The van der Waals surface area contributed by atoms with E-state index in [0.29, 0.717) is 5.56 Å². The second kappa shape index (κ2) is 14.5. The van der Waals surface area contributed by atoms with Crippen LogP contribution in [-0.2, 0) is 0 Å². The first-order valence-electron chi connectivity index (χ1n) is 18.9. The van der Waals surface area contributed by atoms with Gasteiger partial charge in [-0.15, -0.1) is 0 Å². The fraction of sp³-hybridized carbons (Fsp3) is 0.200. The molecule has 0 saturated carbocycles. The highest BCUT2D eigenvalue weighted by Crippen LogP contribution is 2.56. The number of benzene rings is 6. The number of hydrogen-bond donors (Lipinski definition) is 13. The number of aromatic hydroxyl groups is 9. The molecular weight excluding hydrogens is 796 g/mol. The summed E-state index contributed by atoms with van der Waals surface area (Å²) in [6.07, 6.45) is -10.2. The molecule has 6 aromatic carbocycles. The molecule has 0 spiro atoms. The van der Waals surface area contributed by atoms with E-state index in [1.807, 2.05) is 0 Å². The molecule has 16 nitrogen and oxygen atoms in total. The Labute approximate surface area is 345 Å². The zero-order valence-corrected chi connectivity index (χ0v) is 31.5. The van der Waals surface area contributed by atoms with E-state index < -0.39 is 101 Å². The third-order valence-corrected chi connectivity index (χ3v) is 11.7. The third-order valence-electron chi connectivity index (χ3n) is 11.7. The number of rotatable bonds is 5. The predicted octanol–water partition coefficient (Wildman–Crippen LogP) is 4.82. The Morgan fingerprint density at radius 3 is 1.16 bits per heavy atom. The van der Waals surface area contributed by atoms with Crippen molar-refractivity contribution in [2.45, 2.75) is 54.6 Å². The van der Waals surface area contributed by atoms with Gasteiger partial charge in [0, 0.05) is 57.9 Å². The van der Waals surface area contributed by atoms with Crippen LogP contribution in [0.2, 0.25) is 0 Å². The second-order valence-electron chi connectivity index (χ2n) is 15.4. The molecule has 3 heterocycles. The van der Waals surface area contributed by atoms with E-state index in [1.165, 1.54) is 91.0 Å². The molecule has 0 aromatic heterocycles. The lowest BCUT2D eigenvalue weighted by atomic mass is 9.75. The van der Waals surface area contributed by atoms with E-state index in [0.717, 1.165) is 6.07 Å². The summed E-state index contributed by atoms with van der Waals surface area (Å²) in [6.45, 7) is 0. The summed E-state index contributed by atoms with van der Waals surface area (Å²) in [4.78, 5) is 0. The van der Waals surface area contributed by atoms with Gasteiger partial charge in [-0.2, -0.15) is 0 Å². The molecule has 13 N–H and O–H groups in total. The average molecular weight is 835 g/mol. The molecule has 61 heavy (non-hydrogen) atoms. The molecule has 0 saturated heterocycles. The number of fused-ring (bicyclic) bond motifs is 3. The molecular formula is C45H38O16. The monoisotopic (exact) mass is 834 g/mol. The first kappa shape index (κ1) is 39.2. The number of hydrogen-bond acceptors (Lipinski definition) is 16. The van der Waals surface area contributed by atoms with E-state index in [4.69, 9.17) is 14.2 Å². The Morgan fingerprint density at radius 1 is 0.311 bits per heavy atom. The van der Waals surface area contributed by atoms with Gasteiger partial charge < -0.3 is 80.6 Å². The Bertz CT molecular complexity index is 2720. The van der Waals surface area contributed by atoms with Crippen molar-refractivity contribution < 1.29 is 80.6 Å². The Balaban J connectivity index is 1.20. The molecule has 0 bridgehead atoms. The van der Waals surface area contributed by atoms with Gasteiger partial charge in [-0.1, -0.05) is 24.3 Å². The van der Waals surface area contributed by atoms with Crippen LogP contribution in [-0.4, -0.2) is 84.7 Å². The van der Waals surface area contributed by atoms with Crippen molar-refractivity contribution >= 4 is 0 Å². The minimum atomic E-state index is -1.65. The Kier molecular flexibility index (Phi) is 9.32. The molecule has 0 fully saturated rings. The van der Waals surface area contributed by atoms with Crippen LogP contribution in [0.15, 0.2) is 97.1 Å². The van der Waals surface area contributed by atoms with Crippen molar-refractivity contribution in [1.29, 1.82) is 0 Å². The van der Waals surface area contributed by atoms with E-state index in [2.05, 4.69) is 0 Å². The van der Waals surface area contributed by atoms with Gasteiger partial charge in [0.25, 0.3) is 0 Å². The zero-order chi connectivity index (χ0) is 43.2. The molecule has 0 aliphatic carbocycles. The fourth-order valence-corrected chi connectivity index (χ4v) is 8.60. The normalized spacial score (nSPS) is 25.2. The molecule has 3 aliphatic heterocycles. The highest BCUT2D eigenvalue weighted by Gasteiger charge is 2.46. The van der Waals surface area contributed by atoms with E-state index in [-0.39, 0.29) is 61.9 Å². The van der Waals surface area contributed by atoms with Crippen LogP contribution in [0, 0.1) is 0 Å². The lowest BCUT2D eigenvalue weighted by Gasteiger charge is -2.41. The van der Waals surface area contributed by atoms with Crippen molar-refractivity contribution in [2.75, 3.05) is 0 Å². The smallest absolute Gasteiger partial charge is 0.157 e. The molecule has 9 rings (SSSR count). The van der Waals surface area contributed by atoms with Crippen molar-refractivity contribution in [1.82, 2.24) is 0 Å². The van der Waals surface area contributed by atoms with Crippen LogP contribution in [0.1, 0.15) is 80.8 Å². The van der Waals surface area contributed by atoms with Crippen LogP contribution >= 0.6 is 0 Å². The largest absolute Gasteiger partial charge is 0.508 e. The number of phenols is 9. The topological polar surface area (TPSA) is 291 Å². The molecule has 0 radical (unpaired) electrons. The zero-order valence-electron chi connectivity index (χ0n) is 31.5. The first-order chi connectivity index (χ1) is 29.1. The minimum absolute atomic E-state index is 0.00574. The van der Waals surface area contributed by atoms with Gasteiger partial charge in [0.15, 0.2) is 52.8 Å². The quantitative estimate of drug-likeness (QED) is 0.104. The standard InChI is InChI=1S/C45H38O16/c46-20-4-5-21-34(12-20)59-43(17-1-6-26(47)31(52)9-17)40(56)37(21)22-13-24-35(15-29(22)50)60-44(18-2-7-27(48)32(53)10-18)41(57)38(24)23-14-25-36(16-30(23)51)61-45(42(58)39(25)55)19-3-8-28(49)33(54)11-19/h1-16,37-58H. The summed E-state index contributed by atoms with van der Waals surface area (Å²) < 4.78 is 18.5.